The maximum Gasteiger partial charge on any atom is 0.311 e. The molecule has 142 valence electrons. The summed E-state index contributed by atoms with van der Waals surface area (Å²) in [6.45, 7) is -0.118. The van der Waals surface area contributed by atoms with E-state index in [9.17, 15) is 18.0 Å². The van der Waals surface area contributed by atoms with Crippen LogP contribution in [0.5, 0.6) is 0 Å². The Morgan fingerprint density at radius 2 is 1.96 bits per heavy atom. The summed E-state index contributed by atoms with van der Waals surface area (Å²) in [5.41, 5.74) is 7.61. The van der Waals surface area contributed by atoms with E-state index in [-0.39, 0.29) is 17.3 Å². The minimum atomic E-state index is -3.60. The van der Waals surface area contributed by atoms with Crippen molar-refractivity contribution in [3.63, 3.8) is 0 Å². The van der Waals surface area contributed by atoms with Crippen molar-refractivity contribution in [3.05, 3.63) is 41.7 Å². The SMILES string of the molecule is CC1(c2nc(NC(=O)c3nccnc3N)ccc2F)N=C(N)OCC1(F)F. The molecule has 27 heavy (non-hydrogen) atoms. The van der Waals surface area contributed by atoms with Crippen LogP contribution in [0.4, 0.5) is 24.8 Å². The van der Waals surface area contributed by atoms with Crippen molar-refractivity contribution in [3.8, 4) is 0 Å². The van der Waals surface area contributed by atoms with E-state index in [2.05, 4.69) is 30.0 Å². The maximum atomic E-state index is 14.4. The summed E-state index contributed by atoms with van der Waals surface area (Å²) in [4.78, 5) is 27.1. The minimum Gasteiger partial charge on any atom is -0.459 e. The lowest BCUT2D eigenvalue weighted by molar-refractivity contribution is -0.118. The largest absolute Gasteiger partial charge is 0.459 e. The van der Waals surface area contributed by atoms with Crippen molar-refractivity contribution in [2.45, 2.75) is 18.4 Å². The molecule has 5 N–H and O–H groups in total. The quantitative estimate of drug-likeness (QED) is 0.721. The van der Waals surface area contributed by atoms with Crippen molar-refractivity contribution in [1.29, 1.82) is 0 Å². The number of aliphatic imine (C=N–C) groups is 1. The molecule has 1 atom stereocenters. The van der Waals surface area contributed by atoms with Gasteiger partial charge in [0, 0.05) is 12.4 Å². The fourth-order valence-electron chi connectivity index (χ4n) is 2.42. The molecule has 1 aliphatic rings. The highest BCUT2D eigenvalue weighted by Gasteiger charge is 2.57. The number of carbonyl (C=O) groups excluding carboxylic acids is 1. The first-order valence-electron chi connectivity index (χ1n) is 7.55. The topological polar surface area (TPSA) is 141 Å². The fraction of sp³-hybridized carbons (Fsp3) is 0.267. The summed E-state index contributed by atoms with van der Waals surface area (Å²) in [6.07, 6.45) is 2.53. The number of nitrogen functional groups attached to an aromatic ring is 1. The van der Waals surface area contributed by atoms with E-state index in [1.807, 2.05) is 0 Å². The number of rotatable bonds is 3. The van der Waals surface area contributed by atoms with E-state index in [1.54, 1.807) is 0 Å². The van der Waals surface area contributed by atoms with E-state index in [0.29, 0.717) is 0 Å². The number of nitrogens with two attached hydrogens (primary N) is 2. The van der Waals surface area contributed by atoms with Gasteiger partial charge >= 0.3 is 5.92 Å². The Bertz CT molecular complexity index is 937. The number of hydrogen-bond acceptors (Lipinski definition) is 8. The second kappa shape index (κ2) is 6.37. The predicted octanol–water partition coefficient (Wildman–Crippen LogP) is 1.04. The van der Waals surface area contributed by atoms with Gasteiger partial charge in [-0.1, -0.05) is 0 Å². The number of hydrogen-bond donors (Lipinski definition) is 3. The standard InChI is InChI=1S/C15H14F3N7O2/c1-14(15(17,18)6-27-13(20)25-14)10-7(16)2-3-8(23-10)24-12(26)9-11(19)22-5-4-21-9/h2-5H,6H2,1H3,(H2,19,22)(H2,20,25)(H,23,24,26). The molecule has 2 aromatic heterocycles. The van der Waals surface area contributed by atoms with Gasteiger partial charge in [-0.3, -0.25) is 4.79 Å². The van der Waals surface area contributed by atoms with Gasteiger partial charge in [-0.2, -0.15) is 8.78 Å². The van der Waals surface area contributed by atoms with Crippen LogP contribution in [0, 0.1) is 5.82 Å². The zero-order valence-corrected chi connectivity index (χ0v) is 13.9. The molecular weight excluding hydrogens is 367 g/mol. The minimum absolute atomic E-state index is 0.141. The zero-order valence-electron chi connectivity index (χ0n) is 13.9. The fourth-order valence-corrected chi connectivity index (χ4v) is 2.42. The van der Waals surface area contributed by atoms with Crippen molar-refractivity contribution in [2.24, 2.45) is 10.7 Å². The number of nitrogens with zero attached hydrogens (tertiary/aromatic N) is 4. The number of halogens is 3. The van der Waals surface area contributed by atoms with Gasteiger partial charge in [0.2, 0.25) is 0 Å². The summed E-state index contributed by atoms with van der Waals surface area (Å²) >= 11 is 0. The number of nitrogens with one attached hydrogen (secondary N) is 1. The molecule has 0 bridgehead atoms. The van der Waals surface area contributed by atoms with E-state index in [1.165, 1.54) is 12.4 Å². The molecule has 0 saturated heterocycles. The third-order valence-corrected chi connectivity index (χ3v) is 3.94. The molecule has 0 radical (unpaired) electrons. The Morgan fingerprint density at radius 3 is 2.67 bits per heavy atom. The Labute approximate surface area is 150 Å². The normalized spacial score (nSPS) is 21.1. The first-order valence-corrected chi connectivity index (χ1v) is 7.55. The smallest absolute Gasteiger partial charge is 0.311 e. The monoisotopic (exact) mass is 381 g/mol. The maximum absolute atomic E-state index is 14.4. The molecule has 0 fully saturated rings. The van der Waals surface area contributed by atoms with Crippen LogP contribution >= 0.6 is 0 Å². The Balaban J connectivity index is 1.99. The summed E-state index contributed by atoms with van der Waals surface area (Å²) in [6, 6.07) is 1.45. The Hall–Kier alpha value is -3.44. The first-order chi connectivity index (χ1) is 12.6. The van der Waals surface area contributed by atoms with E-state index in [0.717, 1.165) is 19.1 Å². The second-order valence-corrected chi connectivity index (χ2v) is 5.79. The molecule has 3 heterocycles. The Kier molecular flexibility index (Phi) is 4.33. The number of ether oxygens (including phenoxy) is 1. The van der Waals surface area contributed by atoms with Crippen LogP contribution in [0.15, 0.2) is 29.5 Å². The van der Waals surface area contributed by atoms with Crippen LogP contribution in [-0.2, 0) is 10.3 Å². The Morgan fingerprint density at radius 1 is 1.26 bits per heavy atom. The average molecular weight is 381 g/mol. The van der Waals surface area contributed by atoms with Gasteiger partial charge in [-0.25, -0.2) is 24.3 Å². The first kappa shape index (κ1) is 18.4. The van der Waals surface area contributed by atoms with Gasteiger partial charge in [-0.15, -0.1) is 0 Å². The van der Waals surface area contributed by atoms with Crippen LogP contribution < -0.4 is 16.8 Å². The number of anilines is 2. The molecule has 9 nitrogen and oxygen atoms in total. The van der Waals surface area contributed by atoms with Crippen molar-refractivity contribution < 1.29 is 22.7 Å². The van der Waals surface area contributed by atoms with E-state index < -0.39 is 41.5 Å². The van der Waals surface area contributed by atoms with E-state index in [4.69, 9.17) is 11.5 Å². The molecule has 1 unspecified atom stereocenters. The van der Waals surface area contributed by atoms with Crippen LogP contribution in [0.1, 0.15) is 23.1 Å². The van der Waals surface area contributed by atoms with Crippen molar-refractivity contribution in [2.75, 3.05) is 17.7 Å². The van der Waals surface area contributed by atoms with Crippen molar-refractivity contribution >= 4 is 23.6 Å². The molecule has 0 aromatic carbocycles. The molecule has 1 amide bonds. The van der Waals surface area contributed by atoms with Crippen molar-refractivity contribution in [1.82, 2.24) is 15.0 Å². The second-order valence-electron chi connectivity index (χ2n) is 5.79. The molecule has 1 aliphatic heterocycles. The number of amidine groups is 1. The van der Waals surface area contributed by atoms with E-state index >= 15 is 0 Å². The van der Waals surface area contributed by atoms with Gasteiger partial charge in [0.05, 0.1) is 0 Å². The summed E-state index contributed by atoms with van der Waals surface area (Å²) in [5.74, 6) is -5.79. The number of aromatic nitrogens is 3. The molecule has 3 rings (SSSR count). The number of pyridine rings is 1. The van der Waals surface area contributed by atoms with Gasteiger partial charge in [0.15, 0.2) is 23.7 Å². The molecule has 2 aromatic rings. The third kappa shape index (κ3) is 3.20. The number of carbonyl (C=O) groups is 1. The molecule has 12 heteroatoms. The average Bonchev–Trinajstić information content (AvgIpc) is 2.60. The lowest BCUT2D eigenvalue weighted by Gasteiger charge is -2.36. The number of amides is 1. The van der Waals surface area contributed by atoms with Gasteiger partial charge in [-0.05, 0) is 19.1 Å². The highest BCUT2D eigenvalue weighted by atomic mass is 19.3. The highest BCUT2D eigenvalue weighted by Crippen LogP contribution is 2.43. The van der Waals surface area contributed by atoms with Gasteiger partial charge in [0.1, 0.15) is 17.3 Å². The number of alkyl halides is 2. The lowest BCUT2D eigenvalue weighted by atomic mass is 9.89. The summed E-state index contributed by atoms with van der Waals surface area (Å²) in [7, 11) is 0. The van der Waals surface area contributed by atoms with Gasteiger partial charge in [0.25, 0.3) is 11.9 Å². The molecule has 0 saturated carbocycles. The van der Waals surface area contributed by atoms with Crippen LogP contribution in [0.2, 0.25) is 0 Å². The lowest BCUT2D eigenvalue weighted by Crippen LogP contribution is -2.51. The van der Waals surface area contributed by atoms with Crippen LogP contribution in [0.3, 0.4) is 0 Å². The zero-order chi connectivity index (χ0) is 19.8. The van der Waals surface area contributed by atoms with Crippen LogP contribution in [0.25, 0.3) is 0 Å². The molecular formula is C15H14F3N7O2. The summed E-state index contributed by atoms with van der Waals surface area (Å²) in [5, 5.41) is 2.31. The molecule has 0 aliphatic carbocycles. The predicted molar refractivity (Wildman–Crippen MR) is 88.5 cm³/mol. The molecule has 0 spiro atoms. The highest BCUT2D eigenvalue weighted by molar-refractivity contribution is 6.05. The summed E-state index contributed by atoms with van der Waals surface area (Å²) < 4.78 is 47.6. The van der Waals surface area contributed by atoms with Gasteiger partial charge < -0.3 is 21.5 Å². The third-order valence-electron chi connectivity index (χ3n) is 3.94. The van der Waals surface area contributed by atoms with Crippen LogP contribution in [-0.4, -0.2) is 39.4 Å².